The Bertz CT molecular complexity index is 319. The quantitative estimate of drug-likeness (QED) is 0.850. The summed E-state index contributed by atoms with van der Waals surface area (Å²) in [7, 11) is 0. The van der Waals surface area contributed by atoms with Gasteiger partial charge in [-0.1, -0.05) is 11.8 Å². The molecular weight excluding hydrogens is 254 g/mol. The van der Waals surface area contributed by atoms with Gasteiger partial charge in [-0.05, 0) is 35.0 Å². The topological polar surface area (TPSA) is 50.2 Å². The third kappa shape index (κ3) is 3.00. The van der Waals surface area contributed by atoms with E-state index in [4.69, 9.17) is 5.11 Å². The highest BCUT2D eigenvalue weighted by molar-refractivity contribution is 9.10. The van der Waals surface area contributed by atoms with Crippen LogP contribution in [0.25, 0.3) is 0 Å². The second-order valence-corrected chi connectivity index (χ2v) is 4.57. The van der Waals surface area contributed by atoms with E-state index in [0.29, 0.717) is 5.03 Å². The lowest BCUT2D eigenvalue weighted by molar-refractivity contribution is -0.136. The largest absolute Gasteiger partial charge is 0.480 e. The Hall–Kier alpha value is -0.550. The van der Waals surface area contributed by atoms with Gasteiger partial charge in [-0.25, -0.2) is 4.98 Å². The predicted molar refractivity (Wildman–Crippen MR) is 54.9 cm³/mol. The van der Waals surface area contributed by atoms with Gasteiger partial charge in [-0.3, -0.25) is 4.79 Å². The molecule has 1 heterocycles. The van der Waals surface area contributed by atoms with Crippen LogP contribution in [-0.2, 0) is 4.79 Å². The fourth-order valence-corrected chi connectivity index (χ4v) is 1.95. The molecule has 1 aromatic rings. The highest BCUT2D eigenvalue weighted by Crippen LogP contribution is 2.27. The Kier molecular flexibility index (Phi) is 3.74. The third-order valence-corrected chi connectivity index (χ3v) is 3.37. The molecule has 0 saturated heterocycles. The van der Waals surface area contributed by atoms with Crippen LogP contribution >= 0.6 is 27.7 Å². The van der Waals surface area contributed by atoms with Gasteiger partial charge in [0.15, 0.2) is 0 Å². The van der Waals surface area contributed by atoms with Crippen molar-refractivity contribution in [2.24, 2.45) is 0 Å². The number of aliphatic carboxylic acids is 1. The molecule has 1 aromatic heterocycles. The summed E-state index contributed by atoms with van der Waals surface area (Å²) in [5.74, 6) is -0.831. The maximum Gasteiger partial charge on any atom is 0.316 e. The van der Waals surface area contributed by atoms with Gasteiger partial charge < -0.3 is 5.11 Å². The standard InChI is InChI=1S/C8H8BrNO2S/c1-5(8(11)12)13-7-6(9)3-2-4-10-7/h2-5H,1H3,(H,11,12). The minimum atomic E-state index is -0.831. The molecular formula is C8H8BrNO2S. The molecule has 0 aliphatic rings. The number of carboxylic acids is 1. The first-order valence-corrected chi connectivity index (χ1v) is 5.28. The zero-order valence-corrected chi connectivity index (χ0v) is 9.30. The van der Waals surface area contributed by atoms with Gasteiger partial charge in [-0.15, -0.1) is 0 Å². The fourth-order valence-electron chi connectivity index (χ4n) is 0.676. The van der Waals surface area contributed by atoms with Crippen LogP contribution in [0.4, 0.5) is 0 Å². The van der Waals surface area contributed by atoms with E-state index in [-0.39, 0.29) is 0 Å². The molecule has 0 saturated carbocycles. The van der Waals surface area contributed by atoms with E-state index < -0.39 is 11.2 Å². The number of carboxylic acid groups (broad SMARTS) is 1. The first kappa shape index (κ1) is 10.5. The van der Waals surface area contributed by atoms with Crippen LogP contribution < -0.4 is 0 Å². The molecule has 0 aliphatic heterocycles. The van der Waals surface area contributed by atoms with Crippen LogP contribution in [0.15, 0.2) is 27.8 Å². The number of halogens is 1. The second kappa shape index (κ2) is 4.62. The summed E-state index contributed by atoms with van der Waals surface area (Å²) in [6.45, 7) is 1.63. The van der Waals surface area contributed by atoms with E-state index >= 15 is 0 Å². The molecule has 0 aromatic carbocycles. The molecule has 0 bridgehead atoms. The maximum absolute atomic E-state index is 10.6. The molecule has 0 amide bonds. The van der Waals surface area contributed by atoms with E-state index in [0.717, 1.165) is 4.47 Å². The molecule has 3 nitrogen and oxygen atoms in total. The van der Waals surface area contributed by atoms with E-state index in [1.807, 2.05) is 6.07 Å². The van der Waals surface area contributed by atoms with Crippen molar-refractivity contribution in [3.63, 3.8) is 0 Å². The van der Waals surface area contributed by atoms with Crippen LogP contribution in [0.5, 0.6) is 0 Å². The van der Waals surface area contributed by atoms with Gasteiger partial charge in [0, 0.05) is 10.7 Å². The van der Waals surface area contributed by atoms with Crippen molar-refractivity contribution in [1.82, 2.24) is 4.98 Å². The van der Waals surface area contributed by atoms with Gasteiger partial charge in [0.05, 0.1) is 0 Å². The van der Waals surface area contributed by atoms with E-state index in [1.54, 1.807) is 19.2 Å². The number of hydrogen-bond donors (Lipinski definition) is 1. The Morgan fingerprint density at radius 1 is 1.77 bits per heavy atom. The third-order valence-electron chi connectivity index (χ3n) is 1.36. The second-order valence-electron chi connectivity index (χ2n) is 2.39. The molecule has 70 valence electrons. The van der Waals surface area contributed by atoms with Gasteiger partial charge in [0.1, 0.15) is 10.3 Å². The number of hydrogen-bond acceptors (Lipinski definition) is 3. The van der Waals surface area contributed by atoms with Crippen molar-refractivity contribution in [2.75, 3.05) is 0 Å². The molecule has 1 atom stereocenters. The molecule has 13 heavy (non-hydrogen) atoms. The van der Waals surface area contributed by atoms with Crippen LogP contribution in [0.2, 0.25) is 0 Å². The molecule has 1 unspecified atom stereocenters. The van der Waals surface area contributed by atoms with Crippen molar-refractivity contribution in [1.29, 1.82) is 0 Å². The first-order chi connectivity index (χ1) is 6.11. The number of nitrogens with zero attached hydrogens (tertiary/aromatic N) is 1. The first-order valence-electron chi connectivity index (χ1n) is 3.61. The number of carbonyl (C=O) groups is 1. The lowest BCUT2D eigenvalue weighted by atomic mass is 10.5. The van der Waals surface area contributed by atoms with Crippen molar-refractivity contribution in [3.05, 3.63) is 22.8 Å². The molecule has 0 spiro atoms. The minimum absolute atomic E-state index is 0.480. The van der Waals surface area contributed by atoms with Gasteiger partial charge in [0.2, 0.25) is 0 Å². The molecule has 0 fully saturated rings. The van der Waals surface area contributed by atoms with Crippen molar-refractivity contribution in [3.8, 4) is 0 Å². The van der Waals surface area contributed by atoms with Gasteiger partial charge in [0.25, 0.3) is 0 Å². The number of thioether (sulfide) groups is 1. The number of aromatic nitrogens is 1. The van der Waals surface area contributed by atoms with Crippen LogP contribution in [0.1, 0.15) is 6.92 Å². The van der Waals surface area contributed by atoms with Crippen LogP contribution in [0.3, 0.4) is 0 Å². The van der Waals surface area contributed by atoms with Gasteiger partial charge >= 0.3 is 5.97 Å². The summed E-state index contributed by atoms with van der Waals surface area (Å²) in [6.07, 6.45) is 1.64. The average molecular weight is 262 g/mol. The Labute approximate surface area is 88.7 Å². The Morgan fingerprint density at radius 3 is 3.00 bits per heavy atom. The zero-order chi connectivity index (χ0) is 9.84. The average Bonchev–Trinajstić information content (AvgIpc) is 2.08. The van der Waals surface area contributed by atoms with Crippen LogP contribution in [-0.4, -0.2) is 21.3 Å². The minimum Gasteiger partial charge on any atom is -0.480 e. The van der Waals surface area contributed by atoms with E-state index in [1.165, 1.54) is 11.8 Å². The highest BCUT2D eigenvalue weighted by atomic mass is 79.9. The molecule has 1 N–H and O–H groups in total. The maximum atomic E-state index is 10.6. The molecule has 1 rings (SSSR count). The lowest BCUT2D eigenvalue weighted by Crippen LogP contribution is -2.11. The smallest absolute Gasteiger partial charge is 0.316 e. The van der Waals surface area contributed by atoms with E-state index in [9.17, 15) is 4.79 Å². The number of rotatable bonds is 3. The normalized spacial score (nSPS) is 12.5. The molecule has 0 radical (unpaired) electrons. The highest BCUT2D eigenvalue weighted by Gasteiger charge is 2.14. The SMILES string of the molecule is CC(Sc1ncccc1Br)C(=O)O. The van der Waals surface area contributed by atoms with E-state index in [2.05, 4.69) is 20.9 Å². The van der Waals surface area contributed by atoms with Crippen molar-refractivity contribution in [2.45, 2.75) is 17.2 Å². The van der Waals surface area contributed by atoms with Gasteiger partial charge in [-0.2, -0.15) is 0 Å². The summed E-state index contributed by atoms with van der Waals surface area (Å²) in [6, 6.07) is 3.63. The van der Waals surface area contributed by atoms with Crippen molar-refractivity contribution < 1.29 is 9.90 Å². The summed E-state index contributed by atoms with van der Waals surface area (Å²) in [5.41, 5.74) is 0. The lowest BCUT2D eigenvalue weighted by Gasteiger charge is -2.05. The molecule has 5 heteroatoms. The molecule has 0 aliphatic carbocycles. The van der Waals surface area contributed by atoms with Crippen molar-refractivity contribution >= 4 is 33.7 Å². The monoisotopic (exact) mass is 261 g/mol. The van der Waals surface area contributed by atoms with Crippen LogP contribution in [0, 0.1) is 0 Å². The summed E-state index contributed by atoms with van der Waals surface area (Å²) in [5, 5.41) is 8.90. The number of pyridine rings is 1. The Balaban J connectivity index is 2.74. The zero-order valence-electron chi connectivity index (χ0n) is 6.90. The fraction of sp³-hybridized carbons (Fsp3) is 0.250. The summed E-state index contributed by atoms with van der Waals surface area (Å²) >= 11 is 4.52. The summed E-state index contributed by atoms with van der Waals surface area (Å²) < 4.78 is 0.827. The Morgan fingerprint density at radius 2 is 2.46 bits per heavy atom. The predicted octanol–water partition coefficient (Wildman–Crippen LogP) is 2.41. The summed E-state index contributed by atoms with van der Waals surface area (Å²) in [4.78, 5) is 14.6.